The van der Waals surface area contributed by atoms with Gasteiger partial charge in [0.1, 0.15) is 0 Å². The molecule has 1 atom stereocenters. The maximum atomic E-state index is 12.4. The van der Waals surface area contributed by atoms with Crippen LogP contribution in [0, 0.1) is 11.3 Å². The van der Waals surface area contributed by atoms with E-state index in [1.54, 1.807) is 23.0 Å². The molecular formula is C24H26N6O2. The summed E-state index contributed by atoms with van der Waals surface area (Å²) >= 11 is 0. The molecule has 8 nitrogen and oxygen atoms in total. The van der Waals surface area contributed by atoms with Crippen molar-refractivity contribution in [2.75, 3.05) is 20.1 Å². The van der Waals surface area contributed by atoms with Crippen LogP contribution in [0.15, 0.2) is 53.6 Å². The van der Waals surface area contributed by atoms with Crippen LogP contribution >= 0.6 is 0 Å². The summed E-state index contributed by atoms with van der Waals surface area (Å²) < 4.78 is 1.54. The van der Waals surface area contributed by atoms with Crippen molar-refractivity contribution in [1.29, 1.82) is 5.26 Å². The maximum absolute atomic E-state index is 12.4. The van der Waals surface area contributed by atoms with E-state index in [-0.39, 0.29) is 11.5 Å². The molecule has 0 saturated carbocycles. The maximum Gasteiger partial charge on any atom is 0.272 e. The Bertz CT molecular complexity index is 1170. The highest BCUT2D eigenvalue weighted by Gasteiger charge is 2.20. The van der Waals surface area contributed by atoms with Crippen LogP contribution in [0.2, 0.25) is 0 Å². The van der Waals surface area contributed by atoms with Crippen LogP contribution in [0.5, 0.6) is 0 Å². The highest BCUT2D eigenvalue weighted by atomic mass is 16.1. The molecule has 0 radical (unpaired) electrons. The first-order valence-corrected chi connectivity index (χ1v) is 10.8. The van der Waals surface area contributed by atoms with Crippen LogP contribution in [-0.4, -0.2) is 51.8 Å². The molecule has 1 fully saturated rings. The summed E-state index contributed by atoms with van der Waals surface area (Å²) in [6.45, 7) is 1.76. The van der Waals surface area contributed by atoms with Gasteiger partial charge in [-0.05, 0) is 56.1 Å². The standard InChI is InChI=1S/C24H26N6O2/c1-29-14-2-3-20(29)11-13-26-23(31)19-8-9-22(27-15-19)30-16-21(24(32)28-30)18-6-4-17(5-7-18)10-12-25/h4-9,15-16,20H,2-3,10-11,13-14H2,1H3,(H,26,31)(H,28,32). The van der Waals surface area contributed by atoms with Crippen molar-refractivity contribution in [3.63, 3.8) is 0 Å². The van der Waals surface area contributed by atoms with Crippen molar-refractivity contribution >= 4 is 5.91 Å². The second-order valence-electron chi connectivity index (χ2n) is 8.11. The molecule has 0 bridgehead atoms. The average molecular weight is 431 g/mol. The number of nitriles is 1. The van der Waals surface area contributed by atoms with E-state index < -0.39 is 0 Å². The van der Waals surface area contributed by atoms with Crippen LogP contribution in [0.25, 0.3) is 16.9 Å². The summed E-state index contributed by atoms with van der Waals surface area (Å²) in [5.41, 5.74) is 2.41. The Kier molecular flexibility index (Phi) is 6.47. The average Bonchev–Trinajstić information content (AvgIpc) is 3.40. The number of hydrogen-bond donors (Lipinski definition) is 2. The molecule has 2 aromatic heterocycles. The minimum Gasteiger partial charge on any atom is -0.352 e. The fraction of sp³-hybridized carbons (Fsp3) is 0.333. The van der Waals surface area contributed by atoms with Crippen molar-refractivity contribution < 1.29 is 4.79 Å². The molecule has 1 amide bonds. The molecule has 1 saturated heterocycles. The Morgan fingerprint density at radius 1 is 1.28 bits per heavy atom. The topological polar surface area (TPSA) is 107 Å². The molecule has 2 N–H and O–H groups in total. The molecule has 1 aliphatic rings. The Morgan fingerprint density at radius 3 is 2.75 bits per heavy atom. The lowest BCUT2D eigenvalue weighted by Gasteiger charge is -2.19. The van der Waals surface area contributed by atoms with Gasteiger partial charge in [-0.25, -0.2) is 9.67 Å². The Hall–Kier alpha value is -3.70. The molecular weight excluding hydrogens is 404 g/mol. The number of likely N-dealkylation sites (tertiary alicyclic amines) is 1. The molecule has 3 heterocycles. The van der Waals surface area contributed by atoms with Gasteiger partial charge in [-0.1, -0.05) is 24.3 Å². The first-order chi connectivity index (χ1) is 15.5. The Labute approximate surface area is 186 Å². The van der Waals surface area contributed by atoms with Crippen molar-refractivity contribution in [3.05, 3.63) is 70.3 Å². The number of rotatable bonds is 7. The largest absolute Gasteiger partial charge is 0.352 e. The Morgan fingerprint density at radius 2 is 2.09 bits per heavy atom. The number of aromatic nitrogens is 3. The normalized spacial score (nSPS) is 16.1. The van der Waals surface area contributed by atoms with Crippen molar-refractivity contribution in [1.82, 2.24) is 25.0 Å². The zero-order valence-corrected chi connectivity index (χ0v) is 18.0. The second-order valence-corrected chi connectivity index (χ2v) is 8.11. The van der Waals surface area contributed by atoms with Gasteiger partial charge < -0.3 is 10.2 Å². The highest BCUT2D eigenvalue weighted by molar-refractivity contribution is 5.93. The van der Waals surface area contributed by atoms with Crippen molar-refractivity contribution in [2.24, 2.45) is 0 Å². The highest BCUT2D eigenvalue weighted by Crippen LogP contribution is 2.18. The van der Waals surface area contributed by atoms with E-state index in [0.29, 0.717) is 36.0 Å². The molecule has 0 spiro atoms. The molecule has 3 aromatic rings. The van der Waals surface area contributed by atoms with Crippen LogP contribution in [0.4, 0.5) is 0 Å². The third-order valence-corrected chi connectivity index (χ3v) is 5.96. The number of hydrogen-bond acceptors (Lipinski definition) is 5. The predicted molar refractivity (Wildman–Crippen MR) is 122 cm³/mol. The summed E-state index contributed by atoms with van der Waals surface area (Å²) in [5, 5.41) is 14.5. The van der Waals surface area contributed by atoms with E-state index in [4.69, 9.17) is 5.26 Å². The summed E-state index contributed by atoms with van der Waals surface area (Å²) in [7, 11) is 2.13. The van der Waals surface area contributed by atoms with Gasteiger partial charge >= 0.3 is 0 Å². The third kappa shape index (κ3) is 4.79. The summed E-state index contributed by atoms with van der Waals surface area (Å²) in [5.74, 6) is 0.363. The number of nitrogens with zero attached hydrogens (tertiary/aromatic N) is 4. The summed E-state index contributed by atoms with van der Waals surface area (Å²) in [6.07, 6.45) is 6.88. The van der Waals surface area contributed by atoms with Crippen LogP contribution in [0.1, 0.15) is 35.2 Å². The number of carbonyl (C=O) groups excluding carboxylic acids is 1. The van der Waals surface area contributed by atoms with Gasteiger partial charge in [0.05, 0.1) is 23.6 Å². The van der Waals surface area contributed by atoms with Gasteiger partial charge in [0.25, 0.3) is 11.5 Å². The zero-order valence-electron chi connectivity index (χ0n) is 18.0. The fourth-order valence-electron chi connectivity index (χ4n) is 4.07. The number of H-pyrrole nitrogens is 1. The van der Waals surface area contributed by atoms with E-state index in [2.05, 4.69) is 33.4 Å². The van der Waals surface area contributed by atoms with Gasteiger partial charge in [0.15, 0.2) is 5.82 Å². The lowest BCUT2D eigenvalue weighted by molar-refractivity contribution is 0.0950. The summed E-state index contributed by atoms with van der Waals surface area (Å²) in [6, 6.07) is 13.4. The number of carbonyl (C=O) groups is 1. The Balaban J connectivity index is 1.40. The van der Waals surface area contributed by atoms with E-state index in [9.17, 15) is 9.59 Å². The quantitative estimate of drug-likeness (QED) is 0.599. The van der Waals surface area contributed by atoms with Crippen molar-refractivity contribution in [2.45, 2.75) is 31.7 Å². The smallest absolute Gasteiger partial charge is 0.272 e. The van der Waals surface area contributed by atoms with E-state index >= 15 is 0 Å². The number of amides is 1. The third-order valence-electron chi connectivity index (χ3n) is 5.96. The van der Waals surface area contributed by atoms with Gasteiger partial charge in [0.2, 0.25) is 0 Å². The van der Waals surface area contributed by atoms with E-state index in [0.717, 1.165) is 24.1 Å². The molecule has 164 valence electrons. The van der Waals surface area contributed by atoms with E-state index in [1.165, 1.54) is 19.0 Å². The number of aromatic amines is 1. The van der Waals surface area contributed by atoms with Gasteiger partial charge in [-0.2, -0.15) is 5.26 Å². The number of benzene rings is 1. The summed E-state index contributed by atoms with van der Waals surface area (Å²) in [4.78, 5) is 31.5. The minimum absolute atomic E-state index is 0.149. The molecule has 32 heavy (non-hydrogen) atoms. The second kappa shape index (κ2) is 9.62. The monoisotopic (exact) mass is 430 g/mol. The lowest BCUT2D eigenvalue weighted by Crippen LogP contribution is -2.31. The van der Waals surface area contributed by atoms with Gasteiger partial charge in [-0.3, -0.25) is 14.7 Å². The molecule has 8 heteroatoms. The first kappa shape index (κ1) is 21.5. The van der Waals surface area contributed by atoms with Crippen LogP contribution in [-0.2, 0) is 6.42 Å². The lowest BCUT2D eigenvalue weighted by atomic mass is 10.1. The zero-order chi connectivity index (χ0) is 22.5. The van der Waals surface area contributed by atoms with E-state index in [1.807, 2.05) is 24.3 Å². The predicted octanol–water partition coefficient (Wildman–Crippen LogP) is 2.51. The van der Waals surface area contributed by atoms with Gasteiger partial charge in [0, 0.05) is 25.0 Å². The minimum atomic E-state index is -0.237. The number of nitrogens with one attached hydrogen (secondary N) is 2. The molecule has 1 unspecified atom stereocenters. The molecule has 1 aromatic carbocycles. The molecule has 4 rings (SSSR count). The fourth-order valence-corrected chi connectivity index (χ4v) is 4.07. The molecule has 0 aliphatic carbocycles. The number of pyridine rings is 1. The molecule has 1 aliphatic heterocycles. The van der Waals surface area contributed by atoms with Crippen LogP contribution < -0.4 is 10.9 Å². The SMILES string of the molecule is CN1CCCC1CCNC(=O)c1ccc(-n2cc(-c3ccc(CC#N)cc3)c(=O)[nH]2)nc1. The van der Waals surface area contributed by atoms with Gasteiger partial charge in [-0.15, -0.1) is 0 Å². The first-order valence-electron chi connectivity index (χ1n) is 10.8. The van der Waals surface area contributed by atoms with Crippen LogP contribution in [0.3, 0.4) is 0 Å². The van der Waals surface area contributed by atoms with Crippen molar-refractivity contribution in [3.8, 4) is 23.0 Å².